The lowest BCUT2D eigenvalue weighted by molar-refractivity contribution is 0.0697. The third-order valence-corrected chi connectivity index (χ3v) is 10.7. The second kappa shape index (κ2) is 9.20. The minimum atomic E-state index is -3.80. The number of amides is 2. The molecular weight excluding hydrogens is 494 g/mol. The van der Waals surface area contributed by atoms with Crippen LogP contribution >= 0.6 is 11.6 Å². The molecular formula is C23H30ClN5O5S. The maximum absolute atomic E-state index is 13.4. The Morgan fingerprint density at radius 3 is 2.54 bits per heavy atom. The van der Waals surface area contributed by atoms with Gasteiger partial charge in [0.05, 0.1) is 21.8 Å². The summed E-state index contributed by atoms with van der Waals surface area (Å²) in [5.74, 6) is -0.659. The predicted octanol–water partition coefficient (Wildman–Crippen LogP) is 0.968. The number of carbonyl (C=O) groups excluding carboxylic acids is 2. The highest BCUT2D eigenvalue weighted by molar-refractivity contribution is 7.94. The highest BCUT2D eigenvalue weighted by Crippen LogP contribution is 2.49. The minimum absolute atomic E-state index is 0.0260. The largest absolute Gasteiger partial charge is 0.390 e. The number of nitrogens with two attached hydrogens (primary N) is 1. The van der Waals surface area contributed by atoms with Gasteiger partial charge in [-0.05, 0) is 44.4 Å². The molecule has 0 saturated heterocycles. The van der Waals surface area contributed by atoms with Crippen molar-refractivity contribution < 1.29 is 23.1 Å². The molecule has 4 N–H and O–H groups in total. The smallest absolute Gasteiger partial charge is 0.287 e. The number of aliphatic hydroxyl groups excluding tert-OH is 1. The lowest BCUT2D eigenvalue weighted by Crippen LogP contribution is -2.56. The Kier molecular flexibility index (Phi) is 6.73. The fraction of sp³-hybridized carbons (Fsp3) is 0.522. The van der Waals surface area contributed by atoms with Gasteiger partial charge < -0.3 is 25.6 Å². The van der Waals surface area contributed by atoms with E-state index in [2.05, 4.69) is 10.3 Å². The zero-order chi connectivity index (χ0) is 25.6. The molecule has 2 heterocycles. The van der Waals surface area contributed by atoms with Gasteiger partial charge in [0.1, 0.15) is 5.69 Å². The number of nitrogens with one attached hydrogen (secondary N) is 1. The number of fused-ring (bicyclic) bond motifs is 1. The normalized spacial score (nSPS) is 18.2. The van der Waals surface area contributed by atoms with Crippen molar-refractivity contribution in [3.63, 3.8) is 0 Å². The van der Waals surface area contributed by atoms with Crippen molar-refractivity contribution >= 4 is 33.3 Å². The van der Waals surface area contributed by atoms with Crippen LogP contribution in [0.2, 0.25) is 5.02 Å². The summed E-state index contributed by atoms with van der Waals surface area (Å²) >= 11 is 5.89. The molecule has 10 nitrogen and oxygen atoms in total. The van der Waals surface area contributed by atoms with Crippen LogP contribution in [0.25, 0.3) is 0 Å². The molecule has 1 aliphatic heterocycles. The van der Waals surface area contributed by atoms with Crippen LogP contribution in [-0.4, -0.2) is 75.0 Å². The summed E-state index contributed by atoms with van der Waals surface area (Å²) in [6, 6.07) is 7.08. The summed E-state index contributed by atoms with van der Waals surface area (Å²) in [6.45, 7) is 3.64. The number of rotatable bonds is 9. The van der Waals surface area contributed by atoms with E-state index >= 15 is 0 Å². The van der Waals surface area contributed by atoms with Crippen molar-refractivity contribution in [2.75, 3.05) is 19.6 Å². The first kappa shape index (κ1) is 25.6. The molecule has 190 valence electrons. The van der Waals surface area contributed by atoms with Gasteiger partial charge in [-0.1, -0.05) is 23.7 Å². The van der Waals surface area contributed by atoms with Gasteiger partial charge >= 0.3 is 0 Å². The van der Waals surface area contributed by atoms with Crippen LogP contribution in [0, 0.1) is 0 Å². The van der Waals surface area contributed by atoms with Crippen LogP contribution in [0.3, 0.4) is 0 Å². The van der Waals surface area contributed by atoms with Crippen LogP contribution in [0.1, 0.15) is 53.4 Å². The standard InChI is InChI=1S/C23H30ClN5O5S/c1-22(2,18(30)11-25)35(33,34)23(7-8-23)14-28-9-10-29-17(21(28)32)13-26-19(29)20(31)27-12-15-3-5-16(24)6-4-15/h3-6,13,18,30H,7-12,14,25H2,1-2H3,(H,27,31)/t18-/m0/s1. The number of imidazole rings is 1. The van der Waals surface area contributed by atoms with E-state index in [1.807, 2.05) is 0 Å². The van der Waals surface area contributed by atoms with E-state index < -0.39 is 31.3 Å². The van der Waals surface area contributed by atoms with Crippen molar-refractivity contribution in [1.82, 2.24) is 19.8 Å². The van der Waals surface area contributed by atoms with Gasteiger partial charge in [-0.25, -0.2) is 13.4 Å². The van der Waals surface area contributed by atoms with Crippen molar-refractivity contribution in [1.29, 1.82) is 0 Å². The Morgan fingerprint density at radius 1 is 1.29 bits per heavy atom. The second-order valence-electron chi connectivity index (χ2n) is 9.70. The molecule has 0 spiro atoms. The SMILES string of the molecule is CC(C)([C@@H](O)CN)S(=O)(=O)C1(CN2CCn3c(cnc3C(=O)NCc3ccc(Cl)cc3)C2=O)CC1. The summed E-state index contributed by atoms with van der Waals surface area (Å²) in [4.78, 5) is 31.6. The second-order valence-corrected chi connectivity index (χ2v) is 13.1. The van der Waals surface area contributed by atoms with Crippen molar-refractivity contribution in [3.8, 4) is 0 Å². The monoisotopic (exact) mass is 523 g/mol. The summed E-state index contributed by atoms with van der Waals surface area (Å²) in [5.41, 5.74) is 6.65. The van der Waals surface area contributed by atoms with Crippen molar-refractivity contribution in [2.24, 2.45) is 5.73 Å². The number of carbonyl (C=O) groups is 2. The number of hydrogen-bond acceptors (Lipinski definition) is 7. The third-order valence-electron chi connectivity index (χ3n) is 7.10. The first-order chi connectivity index (χ1) is 16.4. The van der Waals surface area contributed by atoms with E-state index in [0.717, 1.165) is 5.56 Å². The molecule has 0 radical (unpaired) electrons. The molecule has 1 aliphatic carbocycles. The van der Waals surface area contributed by atoms with E-state index in [1.165, 1.54) is 24.9 Å². The molecule has 2 aliphatic rings. The molecule has 1 atom stereocenters. The number of benzene rings is 1. The number of sulfone groups is 1. The lowest BCUT2D eigenvalue weighted by Gasteiger charge is -2.37. The van der Waals surface area contributed by atoms with E-state index in [9.17, 15) is 23.1 Å². The Morgan fingerprint density at radius 2 is 1.94 bits per heavy atom. The molecule has 1 aromatic carbocycles. The van der Waals surface area contributed by atoms with Crippen LogP contribution in [0.5, 0.6) is 0 Å². The van der Waals surface area contributed by atoms with Crippen LogP contribution < -0.4 is 11.1 Å². The Hall–Kier alpha value is -2.47. The number of aromatic nitrogens is 2. The van der Waals surface area contributed by atoms with Gasteiger partial charge in [-0.3, -0.25) is 9.59 Å². The number of halogens is 1. The molecule has 0 unspecified atom stereocenters. The number of hydrogen-bond donors (Lipinski definition) is 3. The van der Waals surface area contributed by atoms with Crippen molar-refractivity contribution in [3.05, 3.63) is 52.6 Å². The fourth-order valence-corrected chi connectivity index (χ4v) is 7.13. The maximum atomic E-state index is 13.4. The lowest BCUT2D eigenvalue weighted by atomic mass is 10.1. The quantitative estimate of drug-likeness (QED) is 0.443. The molecule has 1 saturated carbocycles. The predicted molar refractivity (Wildman–Crippen MR) is 131 cm³/mol. The molecule has 2 amide bonds. The topological polar surface area (TPSA) is 148 Å². The van der Waals surface area contributed by atoms with Gasteiger partial charge in [-0.15, -0.1) is 0 Å². The van der Waals surface area contributed by atoms with Gasteiger partial charge in [0.2, 0.25) is 0 Å². The Bertz CT molecular complexity index is 1240. The molecule has 12 heteroatoms. The highest BCUT2D eigenvalue weighted by Gasteiger charge is 2.62. The zero-order valence-electron chi connectivity index (χ0n) is 19.7. The van der Waals surface area contributed by atoms with E-state index in [4.69, 9.17) is 17.3 Å². The summed E-state index contributed by atoms with van der Waals surface area (Å²) in [5, 5.41) is 13.6. The van der Waals surface area contributed by atoms with Crippen LogP contribution in [0.15, 0.2) is 30.5 Å². The number of nitrogens with zero attached hydrogens (tertiary/aromatic N) is 3. The highest BCUT2D eigenvalue weighted by atomic mass is 35.5. The molecule has 4 rings (SSSR count). The third kappa shape index (κ3) is 4.46. The molecule has 35 heavy (non-hydrogen) atoms. The fourth-order valence-electron chi connectivity index (χ4n) is 4.47. The van der Waals surface area contributed by atoms with Gasteiger partial charge in [0.15, 0.2) is 15.7 Å². The van der Waals surface area contributed by atoms with Gasteiger partial charge in [0, 0.05) is 37.7 Å². The average Bonchev–Trinajstić information content (AvgIpc) is 3.50. The molecule has 0 bridgehead atoms. The zero-order valence-corrected chi connectivity index (χ0v) is 21.3. The Labute approximate surface area is 209 Å². The summed E-state index contributed by atoms with van der Waals surface area (Å²) < 4.78 is 25.9. The van der Waals surface area contributed by atoms with Crippen LogP contribution in [0.4, 0.5) is 0 Å². The molecule has 1 fully saturated rings. The minimum Gasteiger partial charge on any atom is -0.390 e. The first-order valence-electron chi connectivity index (χ1n) is 11.4. The van der Waals surface area contributed by atoms with E-state index in [0.29, 0.717) is 24.4 Å². The van der Waals surface area contributed by atoms with Crippen LogP contribution in [-0.2, 0) is 22.9 Å². The average molecular weight is 524 g/mol. The molecule has 2 aromatic rings. The van der Waals surface area contributed by atoms with Crippen molar-refractivity contribution in [2.45, 2.75) is 55.4 Å². The summed E-state index contributed by atoms with van der Waals surface area (Å²) in [7, 11) is -3.80. The van der Waals surface area contributed by atoms with E-state index in [-0.39, 0.29) is 43.6 Å². The first-order valence-corrected chi connectivity index (χ1v) is 13.3. The Balaban J connectivity index is 1.47. The van der Waals surface area contributed by atoms with Gasteiger partial charge in [0.25, 0.3) is 11.8 Å². The van der Waals surface area contributed by atoms with Gasteiger partial charge in [-0.2, -0.15) is 0 Å². The van der Waals surface area contributed by atoms with E-state index in [1.54, 1.807) is 28.8 Å². The summed E-state index contributed by atoms with van der Waals surface area (Å²) in [6.07, 6.45) is 0.967. The number of aliphatic hydroxyl groups is 1. The maximum Gasteiger partial charge on any atom is 0.287 e. The molecule has 1 aromatic heterocycles.